The summed E-state index contributed by atoms with van der Waals surface area (Å²) in [5.41, 5.74) is 21.4. The lowest BCUT2D eigenvalue weighted by atomic mass is 10.1. The first kappa shape index (κ1) is 30.1. The maximum atomic E-state index is 13.0. The Balaban J connectivity index is 2.95. The number of nitrogens with one attached hydrogen (secondary N) is 2. The Morgan fingerprint density at radius 2 is 1.61 bits per heavy atom. The zero-order valence-corrected chi connectivity index (χ0v) is 19.7. The third-order valence-electron chi connectivity index (χ3n) is 5.43. The highest BCUT2D eigenvalue weighted by Gasteiger charge is 2.38. The Bertz CT molecular complexity index is 876. The number of amides is 4. The molecule has 36 heavy (non-hydrogen) atoms. The van der Waals surface area contributed by atoms with Crippen LogP contribution in [0.25, 0.3) is 0 Å². The number of primary amides is 1. The van der Waals surface area contributed by atoms with Crippen molar-refractivity contribution < 1.29 is 39.0 Å². The zero-order chi connectivity index (χ0) is 27.4. The van der Waals surface area contributed by atoms with Crippen molar-refractivity contribution in [2.75, 3.05) is 13.1 Å². The zero-order valence-electron chi connectivity index (χ0n) is 19.7. The molecule has 12 N–H and O–H groups in total. The van der Waals surface area contributed by atoms with E-state index in [9.17, 15) is 39.0 Å². The average molecular weight is 515 g/mol. The van der Waals surface area contributed by atoms with Gasteiger partial charge in [0.2, 0.25) is 23.6 Å². The van der Waals surface area contributed by atoms with E-state index in [-0.39, 0.29) is 44.7 Å². The van der Waals surface area contributed by atoms with Gasteiger partial charge in [0, 0.05) is 19.5 Å². The van der Waals surface area contributed by atoms with E-state index in [4.69, 9.17) is 22.9 Å². The van der Waals surface area contributed by atoms with Gasteiger partial charge in [-0.2, -0.15) is 0 Å². The van der Waals surface area contributed by atoms with Gasteiger partial charge in [0.05, 0.1) is 12.5 Å². The molecular weight excluding hydrogens is 480 g/mol. The van der Waals surface area contributed by atoms with Crippen molar-refractivity contribution in [1.29, 1.82) is 0 Å². The minimum absolute atomic E-state index is 0.128. The summed E-state index contributed by atoms with van der Waals surface area (Å²) in [6.07, 6.45) is -0.258. The van der Waals surface area contributed by atoms with Gasteiger partial charge in [-0.05, 0) is 32.1 Å². The van der Waals surface area contributed by atoms with Crippen LogP contribution in [0.2, 0.25) is 0 Å². The molecule has 0 aromatic carbocycles. The fourth-order valence-electron chi connectivity index (χ4n) is 3.62. The Morgan fingerprint density at radius 3 is 2.17 bits per heavy atom. The average Bonchev–Trinajstić information content (AvgIpc) is 3.28. The van der Waals surface area contributed by atoms with Crippen LogP contribution < -0.4 is 33.6 Å². The van der Waals surface area contributed by atoms with Gasteiger partial charge in [-0.1, -0.05) is 0 Å². The van der Waals surface area contributed by atoms with Crippen LogP contribution in [0.3, 0.4) is 0 Å². The molecular formula is C20H34N8O8. The SMILES string of the molecule is NC(=O)CCC(NC(=O)C(CC(=O)O)NC(=O)C(N)CCCN=C(N)N)C(=O)N1CCCC1C(=O)O. The fourth-order valence-corrected chi connectivity index (χ4v) is 3.62. The van der Waals surface area contributed by atoms with E-state index in [1.54, 1.807) is 0 Å². The van der Waals surface area contributed by atoms with Crippen LogP contribution in [0.15, 0.2) is 4.99 Å². The smallest absolute Gasteiger partial charge is 0.326 e. The number of guanidine groups is 1. The van der Waals surface area contributed by atoms with Crippen LogP contribution in [-0.2, 0) is 28.8 Å². The van der Waals surface area contributed by atoms with Crippen molar-refractivity contribution in [1.82, 2.24) is 15.5 Å². The number of aliphatic carboxylic acids is 2. The number of carbonyl (C=O) groups excluding carboxylic acids is 4. The summed E-state index contributed by atoms with van der Waals surface area (Å²) in [4.78, 5) is 77.2. The first-order valence-corrected chi connectivity index (χ1v) is 11.3. The molecule has 4 atom stereocenters. The van der Waals surface area contributed by atoms with E-state index in [0.29, 0.717) is 12.8 Å². The molecule has 0 bridgehead atoms. The minimum Gasteiger partial charge on any atom is -0.481 e. The van der Waals surface area contributed by atoms with Crippen molar-refractivity contribution in [2.45, 2.75) is 69.1 Å². The summed E-state index contributed by atoms with van der Waals surface area (Å²) >= 11 is 0. The molecule has 1 fully saturated rings. The molecule has 0 radical (unpaired) electrons. The molecule has 0 aliphatic carbocycles. The van der Waals surface area contributed by atoms with Crippen LogP contribution in [0, 0.1) is 0 Å². The molecule has 16 nitrogen and oxygen atoms in total. The second-order valence-corrected chi connectivity index (χ2v) is 8.31. The molecule has 1 saturated heterocycles. The van der Waals surface area contributed by atoms with Crippen LogP contribution in [0.1, 0.15) is 44.9 Å². The van der Waals surface area contributed by atoms with Crippen molar-refractivity contribution in [2.24, 2.45) is 27.9 Å². The van der Waals surface area contributed by atoms with E-state index in [0.717, 1.165) is 4.90 Å². The van der Waals surface area contributed by atoms with Crippen molar-refractivity contribution >= 4 is 41.5 Å². The van der Waals surface area contributed by atoms with Crippen LogP contribution >= 0.6 is 0 Å². The Labute approximate surface area is 206 Å². The summed E-state index contributed by atoms with van der Waals surface area (Å²) in [6.45, 7) is 0.336. The van der Waals surface area contributed by atoms with E-state index >= 15 is 0 Å². The molecule has 1 heterocycles. The van der Waals surface area contributed by atoms with Gasteiger partial charge < -0.3 is 48.7 Å². The van der Waals surface area contributed by atoms with Crippen LogP contribution in [0.4, 0.5) is 0 Å². The summed E-state index contributed by atoms with van der Waals surface area (Å²) in [6, 6.07) is -5.17. The van der Waals surface area contributed by atoms with E-state index in [1.807, 2.05) is 0 Å². The molecule has 16 heteroatoms. The van der Waals surface area contributed by atoms with Crippen molar-refractivity contribution in [3.05, 3.63) is 0 Å². The Morgan fingerprint density at radius 1 is 0.972 bits per heavy atom. The summed E-state index contributed by atoms with van der Waals surface area (Å²) in [5.74, 6) is -6.12. The number of hydrogen-bond acceptors (Lipinski definition) is 8. The molecule has 4 amide bonds. The van der Waals surface area contributed by atoms with Gasteiger partial charge in [-0.3, -0.25) is 29.0 Å². The maximum Gasteiger partial charge on any atom is 0.326 e. The normalized spacial score (nSPS) is 17.4. The summed E-state index contributed by atoms with van der Waals surface area (Å²) in [5, 5.41) is 23.1. The number of aliphatic imine (C=N–C) groups is 1. The number of rotatable bonds is 15. The molecule has 0 spiro atoms. The van der Waals surface area contributed by atoms with E-state index < -0.39 is 66.2 Å². The third kappa shape index (κ3) is 10.1. The van der Waals surface area contributed by atoms with Gasteiger partial charge in [0.1, 0.15) is 18.1 Å². The van der Waals surface area contributed by atoms with Gasteiger partial charge in [0.25, 0.3) is 0 Å². The standard InChI is InChI=1S/C20H34N8O8/c21-10(3-1-7-25-20(23)24)16(32)27-12(9-15(30)31)17(33)26-11(5-6-14(22)29)18(34)28-8-2-4-13(28)19(35)36/h10-13H,1-9,21H2,(H2,22,29)(H,26,33)(H,27,32)(H,30,31)(H,35,36)(H4,23,24,25). The van der Waals surface area contributed by atoms with Gasteiger partial charge in [-0.15, -0.1) is 0 Å². The Hall–Kier alpha value is -3.95. The van der Waals surface area contributed by atoms with E-state index in [2.05, 4.69) is 15.6 Å². The maximum absolute atomic E-state index is 13.0. The summed E-state index contributed by atoms with van der Waals surface area (Å²) in [7, 11) is 0. The number of likely N-dealkylation sites (tertiary alicyclic amines) is 1. The molecule has 0 saturated carbocycles. The number of nitrogens with zero attached hydrogens (tertiary/aromatic N) is 2. The third-order valence-corrected chi connectivity index (χ3v) is 5.43. The molecule has 1 rings (SSSR count). The molecule has 0 aromatic rings. The first-order chi connectivity index (χ1) is 16.8. The molecule has 1 aliphatic heterocycles. The molecule has 4 unspecified atom stereocenters. The highest BCUT2D eigenvalue weighted by molar-refractivity contribution is 5.96. The Kier molecular flexibility index (Phi) is 12.1. The van der Waals surface area contributed by atoms with Crippen LogP contribution in [-0.4, -0.2) is 93.9 Å². The molecule has 0 aromatic heterocycles. The first-order valence-electron chi connectivity index (χ1n) is 11.3. The predicted molar refractivity (Wildman–Crippen MR) is 125 cm³/mol. The van der Waals surface area contributed by atoms with Gasteiger partial charge in [-0.25, -0.2) is 4.79 Å². The van der Waals surface area contributed by atoms with Crippen molar-refractivity contribution in [3.8, 4) is 0 Å². The quantitative estimate of drug-likeness (QED) is 0.0594. The van der Waals surface area contributed by atoms with Crippen LogP contribution in [0.5, 0.6) is 0 Å². The monoisotopic (exact) mass is 514 g/mol. The molecule has 202 valence electrons. The topological polar surface area (TPSA) is 287 Å². The number of carboxylic acids is 2. The fraction of sp³-hybridized carbons (Fsp3) is 0.650. The highest BCUT2D eigenvalue weighted by Crippen LogP contribution is 2.19. The number of hydrogen-bond donors (Lipinski definition) is 8. The van der Waals surface area contributed by atoms with Gasteiger partial charge in [0.15, 0.2) is 5.96 Å². The number of nitrogens with two attached hydrogens (primary N) is 4. The van der Waals surface area contributed by atoms with E-state index in [1.165, 1.54) is 0 Å². The van der Waals surface area contributed by atoms with Crippen molar-refractivity contribution in [3.63, 3.8) is 0 Å². The number of carbonyl (C=O) groups is 6. The number of carboxylic acid groups (broad SMARTS) is 2. The predicted octanol–water partition coefficient (Wildman–Crippen LogP) is -3.85. The summed E-state index contributed by atoms with van der Waals surface area (Å²) < 4.78 is 0. The molecule has 1 aliphatic rings. The largest absolute Gasteiger partial charge is 0.481 e. The highest BCUT2D eigenvalue weighted by atomic mass is 16.4. The lowest BCUT2D eigenvalue weighted by Crippen LogP contribution is -2.57. The van der Waals surface area contributed by atoms with Gasteiger partial charge >= 0.3 is 11.9 Å². The second kappa shape index (κ2) is 14.4. The second-order valence-electron chi connectivity index (χ2n) is 8.31. The lowest BCUT2D eigenvalue weighted by Gasteiger charge is -2.28. The lowest BCUT2D eigenvalue weighted by molar-refractivity contribution is -0.150. The minimum atomic E-state index is -1.60.